The van der Waals surface area contributed by atoms with E-state index in [0.29, 0.717) is 18.1 Å². The summed E-state index contributed by atoms with van der Waals surface area (Å²) >= 11 is 0. The molecule has 2 N–H and O–H groups in total. The third-order valence-corrected chi connectivity index (χ3v) is 1.91. The molecule has 0 radical (unpaired) electrons. The average Bonchev–Trinajstić information content (AvgIpc) is 2.56. The molecule has 0 amide bonds. The first-order valence-electron chi connectivity index (χ1n) is 4.37. The monoisotopic (exact) mass is 225 g/mol. The van der Waals surface area contributed by atoms with Gasteiger partial charge in [-0.25, -0.2) is 0 Å². The standard InChI is InChI=1S/C10H11N3O.ClH/c1-7-12-10(13-14-7)6-8-2-4-9(11)5-3-8;/h2-5H,6,11H2,1H3;1H. The molecule has 0 bridgehead atoms. The Labute approximate surface area is 93.9 Å². The number of aromatic nitrogens is 2. The van der Waals surface area contributed by atoms with Crippen LogP contribution in [0.15, 0.2) is 28.8 Å². The molecular formula is C10H12ClN3O. The van der Waals surface area contributed by atoms with Gasteiger partial charge in [0.1, 0.15) is 0 Å². The molecular weight excluding hydrogens is 214 g/mol. The number of halogens is 1. The number of rotatable bonds is 2. The second-order valence-electron chi connectivity index (χ2n) is 3.15. The number of nitrogen functional groups attached to an aromatic ring is 1. The van der Waals surface area contributed by atoms with E-state index >= 15 is 0 Å². The van der Waals surface area contributed by atoms with Crippen molar-refractivity contribution < 1.29 is 4.52 Å². The second kappa shape index (κ2) is 4.79. The lowest BCUT2D eigenvalue weighted by molar-refractivity contribution is 0.388. The molecule has 1 aromatic carbocycles. The van der Waals surface area contributed by atoms with Crippen molar-refractivity contribution in [2.75, 3.05) is 5.73 Å². The Bertz CT molecular complexity index is 424. The topological polar surface area (TPSA) is 64.9 Å². The molecule has 2 aromatic rings. The van der Waals surface area contributed by atoms with E-state index in [-0.39, 0.29) is 12.4 Å². The van der Waals surface area contributed by atoms with Crippen LogP contribution in [0, 0.1) is 6.92 Å². The maximum Gasteiger partial charge on any atom is 0.223 e. The zero-order chi connectivity index (χ0) is 9.97. The van der Waals surface area contributed by atoms with Crippen LogP contribution in [-0.4, -0.2) is 10.1 Å². The normalized spacial score (nSPS) is 9.67. The van der Waals surface area contributed by atoms with Gasteiger partial charge in [-0.1, -0.05) is 17.3 Å². The highest BCUT2D eigenvalue weighted by Crippen LogP contribution is 2.09. The van der Waals surface area contributed by atoms with Gasteiger partial charge in [-0.15, -0.1) is 12.4 Å². The number of hydrogen-bond acceptors (Lipinski definition) is 4. The molecule has 80 valence electrons. The predicted octanol–water partition coefficient (Wildman–Crippen LogP) is 1.97. The van der Waals surface area contributed by atoms with Crippen LogP contribution in [0.3, 0.4) is 0 Å². The number of aryl methyl sites for hydroxylation is 1. The summed E-state index contributed by atoms with van der Waals surface area (Å²) in [5, 5.41) is 3.82. The molecule has 0 aliphatic carbocycles. The molecule has 0 aliphatic rings. The summed E-state index contributed by atoms with van der Waals surface area (Å²) in [4.78, 5) is 4.12. The molecule has 0 saturated heterocycles. The molecule has 15 heavy (non-hydrogen) atoms. The van der Waals surface area contributed by atoms with Crippen LogP contribution in [0.25, 0.3) is 0 Å². The fourth-order valence-electron chi connectivity index (χ4n) is 1.23. The molecule has 2 rings (SSSR count). The van der Waals surface area contributed by atoms with Crippen molar-refractivity contribution in [1.29, 1.82) is 0 Å². The molecule has 0 spiro atoms. The van der Waals surface area contributed by atoms with Crippen molar-refractivity contribution in [3.8, 4) is 0 Å². The lowest BCUT2D eigenvalue weighted by Gasteiger charge is -1.96. The van der Waals surface area contributed by atoms with E-state index in [1.54, 1.807) is 6.92 Å². The zero-order valence-corrected chi connectivity index (χ0v) is 9.12. The average molecular weight is 226 g/mol. The lowest BCUT2D eigenvalue weighted by atomic mass is 10.1. The summed E-state index contributed by atoms with van der Waals surface area (Å²) in [6.45, 7) is 1.78. The van der Waals surface area contributed by atoms with Gasteiger partial charge < -0.3 is 10.3 Å². The predicted molar refractivity (Wildman–Crippen MR) is 59.9 cm³/mol. The minimum absolute atomic E-state index is 0. The molecule has 0 unspecified atom stereocenters. The third-order valence-electron chi connectivity index (χ3n) is 1.91. The van der Waals surface area contributed by atoms with Crippen molar-refractivity contribution in [2.45, 2.75) is 13.3 Å². The minimum Gasteiger partial charge on any atom is -0.399 e. The Balaban J connectivity index is 0.00000112. The molecule has 0 fully saturated rings. The van der Waals surface area contributed by atoms with Crippen LogP contribution in [0.4, 0.5) is 5.69 Å². The Morgan fingerprint density at radius 1 is 1.27 bits per heavy atom. The maximum atomic E-state index is 5.57. The van der Waals surface area contributed by atoms with Gasteiger partial charge in [0.25, 0.3) is 0 Å². The molecule has 1 heterocycles. The first kappa shape index (κ1) is 11.5. The van der Waals surface area contributed by atoms with Crippen molar-refractivity contribution in [3.63, 3.8) is 0 Å². The highest BCUT2D eigenvalue weighted by molar-refractivity contribution is 5.85. The van der Waals surface area contributed by atoms with Gasteiger partial charge in [0.15, 0.2) is 5.82 Å². The molecule has 0 saturated carbocycles. The van der Waals surface area contributed by atoms with Crippen molar-refractivity contribution in [3.05, 3.63) is 41.5 Å². The highest BCUT2D eigenvalue weighted by atomic mass is 35.5. The number of hydrogen-bond donors (Lipinski definition) is 1. The highest BCUT2D eigenvalue weighted by Gasteiger charge is 2.02. The van der Waals surface area contributed by atoms with Crippen molar-refractivity contribution >= 4 is 18.1 Å². The largest absolute Gasteiger partial charge is 0.399 e. The summed E-state index contributed by atoms with van der Waals surface area (Å²) in [7, 11) is 0. The molecule has 0 atom stereocenters. The fourth-order valence-corrected chi connectivity index (χ4v) is 1.23. The number of nitrogens with zero attached hydrogens (tertiary/aromatic N) is 2. The van der Waals surface area contributed by atoms with E-state index in [4.69, 9.17) is 10.3 Å². The summed E-state index contributed by atoms with van der Waals surface area (Å²) < 4.78 is 4.87. The van der Waals surface area contributed by atoms with Gasteiger partial charge in [0.2, 0.25) is 5.89 Å². The SMILES string of the molecule is Cc1nc(Cc2ccc(N)cc2)no1.Cl. The van der Waals surface area contributed by atoms with Gasteiger partial charge in [0.05, 0.1) is 0 Å². The van der Waals surface area contributed by atoms with Gasteiger partial charge >= 0.3 is 0 Å². The minimum atomic E-state index is 0. The summed E-state index contributed by atoms with van der Waals surface area (Å²) in [6, 6.07) is 7.65. The molecule has 1 aromatic heterocycles. The summed E-state index contributed by atoms with van der Waals surface area (Å²) in [6.07, 6.45) is 0.678. The van der Waals surface area contributed by atoms with Crippen LogP contribution in [0.2, 0.25) is 0 Å². The fraction of sp³-hybridized carbons (Fsp3) is 0.200. The molecule has 0 aliphatic heterocycles. The third kappa shape index (κ3) is 2.95. The smallest absolute Gasteiger partial charge is 0.223 e. The van der Waals surface area contributed by atoms with E-state index in [1.165, 1.54) is 0 Å². The second-order valence-corrected chi connectivity index (χ2v) is 3.15. The lowest BCUT2D eigenvalue weighted by Crippen LogP contribution is -1.91. The van der Waals surface area contributed by atoms with Crippen molar-refractivity contribution in [2.24, 2.45) is 0 Å². The van der Waals surface area contributed by atoms with E-state index in [9.17, 15) is 0 Å². The number of nitrogens with two attached hydrogens (primary N) is 1. The first-order chi connectivity index (χ1) is 6.74. The van der Waals surface area contributed by atoms with E-state index in [1.807, 2.05) is 24.3 Å². The van der Waals surface area contributed by atoms with E-state index < -0.39 is 0 Å². The van der Waals surface area contributed by atoms with Crippen LogP contribution in [0.1, 0.15) is 17.3 Å². The quantitative estimate of drug-likeness (QED) is 0.794. The number of benzene rings is 1. The van der Waals surface area contributed by atoms with Crippen molar-refractivity contribution in [1.82, 2.24) is 10.1 Å². The van der Waals surface area contributed by atoms with E-state index in [0.717, 1.165) is 11.3 Å². The molecule has 4 nitrogen and oxygen atoms in total. The van der Waals surface area contributed by atoms with Gasteiger partial charge in [-0.05, 0) is 17.7 Å². The van der Waals surface area contributed by atoms with Crippen LogP contribution < -0.4 is 5.73 Å². The van der Waals surface area contributed by atoms with Gasteiger partial charge in [-0.2, -0.15) is 4.98 Å². The maximum absolute atomic E-state index is 5.57. The van der Waals surface area contributed by atoms with Gasteiger partial charge in [-0.3, -0.25) is 0 Å². The molecule has 5 heteroatoms. The van der Waals surface area contributed by atoms with Crippen LogP contribution in [0.5, 0.6) is 0 Å². The summed E-state index contributed by atoms with van der Waals surface area (Å²) in [5.41, 5.74) is 7.46. The Hall–Kier alpha value is -1.55. The Morgan fingerprint density at radius 3 is 2.47 bits per heavy atom. The van der Waals surface area contributed by atoms with Crippen LogP contribution >= 0.6 is 12.4 Å². The first-order valence-corrected chi connectivity index (χ1v) is 4.37. The van der Waals surface area contributed by atoms with Gasteiger partial charge in [0, 0.05) is 19.0 Å². The number of anilines is 1. The summed E-state index contributed by atoms with van der Waals surface area (Å²) in [5.74, 6) is 1.29. The van der Waals surface area contributed by atoms with E-state index in [2.05, 4.69) is 10.1 Å². The van der Waals surface area contributed by atoms with Crippen LogP contribution in [-0.2, 0) is 6.42 Å². The Morgan fingerprint density at radius 2 is 1.93 bits per heavy atom. The zero-order valence-electron chi connectivity index (χ0n) is 8.30. The Kier molecular flexibility index (Phi) is 3.68.